The zero-order valence-corrected chi connectivity index (χ0v) is 16.2. The van der Waals surface area contributed by atoms with Gasteiger partial charge in [-0.2, -0.15) is 0 Å². The fourth-order valence-electron chi connectivity index (χ4n) is 2.76. The van der Waals surface area contributed by atoms with Crippen LogP contribution in [0.3, 0.4) is 0 Å². The first-order valence-electron chi connectivity index (χ1n) is 8.49. The number of ether oxygens (including phenoxy) is 2. The smallest absolute Gasteiger partial charge is 0.263 e. The Bertz CT molecular complexity index is 1050. The third-order valence-electron chi connectivity index (χ3n) is 4.18. The predicted molar refractivity (Wildman–Crippen MR) is 109 cm³/mol. The fourth-order valence-corrected chi connectivity index (χ4v) is 2.99. The van der Waals surface area contributed by atoms with E-state index >= 15 is 0 Å². The number of benzene rings is 2. The lowest BCUT2D eigenvalue weighted by molar-refractivity contribution is 0.102. The molecular weight excluding hydrogens is 380 g/mol. The summed E-state index contributed by atoms with van der Waals surface area (Å²) < 4.78 is 11.9. The Balaban J connectivity index is 1.90. The standard InChI is InChI=1S/C21H19ClN2O4/c1-27-18-12-17(19(28-2)11-16(18)22)23-20(25)15-9-6-10-24(21(15)26)13-14-7-4-3-5-8-14/h3-12H,13H2,1-2H3,(H,23,25). The second-order valence-electron chi connectivity index (χ2n) is 5.98. The van der Waals surface area contributed by atoms with Gasteiger partial charge in [0.1, 0.15) is 17.1 Å². The minimum atomic E-state index is -0.546. The van der Waals surface area contributed by atoms with E-state index in [9.17, 15) is 9.59 Å². The van der Waals surface area contributed by atoms with Crippen LogP contribution in [-0.4, -0.2) is 24.7 Å². The molecule has 1 heterocycles. The van der Waals surface area contributed by atoms with E-state index in [0.717, 1.165) is 5.56 Å². The molecule has 2 aromatic carbocycles. The molecule has 0 radical (unpaired) electrons. The summed E-state index contributed by atoms with van der Waals surface area (Å²) in [6, 6.07) is 15.8. The highest BCUT2D eigenvalue weighted by Crippen LogP contribution is 2.35. The summed E-state index contributed by atoms with van der Waals surface area (Å²) in [4.78, 5) is 25.5. The first-order chi connectivity index (χ1) is 13.5. The lowest BCUT2D eigenvalue weighted by atomic mass is 10.2. The van der Waals surface area contributed by atoms with Gasteiger partial charge in [-0.15, -0.1) is 0 Å². The Morgan fingerprint density at radius 2 is 1.75 bits per heavy atom. The van der Waals surface area contributed by atoms with Crippen molar-refractivity contribution in [1.82, 2.24) is 4.57 Å². The quantitative estimate of drug-likeness (QED) is 0.685. The Morgan fingerprint density at radius 1 is 1.04 bits per heavy atom. The minimum absolute atomic E-state index is 0.0226. The molecule has 6 nitrogen and oxygen atoms in total. The monoisotopic (exact) mass is 398 g/mol. The van der Waals surface area contributed by atoms with Crippen LogP contribution < -0.4 is 20.3 Å². The molecule has 3 aromatic rings. The second-order valence-corrected chi connectivity index (χ2v) is 6.39. The molecule has 0 unspecified atom stereocenters. The van der Waals surface area contributed by atoms with Gasteiger partial charge >= 0.3 is 0 Å². The molecule has 0 bridgehead atoms. The summed E-state index contributed by atoms with van der Waals surface area (Å²) in [6.45, 7) is 0.374. The highest BCUT2D eigenvalue weighted by Gasteiger charge is 2.17. The largest absolute Gasteiger partial charge is 0.495 e. The van der Waals surface area contributed by atoms with Crippen LogP contribution in [0, 0.1) is 0 Å². The molecule has 0 atom stereocenters. The first kappa shape index (κ1) is 19.5. The summed E-state index contributed by atoms with van der Waals surface area (Å²) >= 11 is 6.09. The van der Waals surface area contributed by atoms with E-state index in [2.05, 4.69) is 5.32 Å². The molecule has 1 amide bonds. The van der Waals surface area contributed by atoms with Crippen LogP contribution in [-0.2, 0) is 6.54 Å². The van der Waals surface area contributed by atoms with Gasteiger partial charge in [0.05, 0.1) is 31.5 Å². The Labute approximate surface area is 167 Å². The summed E-state index contributed by atoms with van der Waals surface area (Å²) in [6.07, 6.45) is 1.65. The van der Waals surface area contributed by atoms with E-state index < -0.39 is 5.91 Å². The average molecular weight is 399 g/mol. The summed E-state index contributed by atoms with van der Waals surface area (Å²) in [5.74, 6) is 0.196. The predicted octanol–water partition coefficient (Wildman–Crippen LogP) is 3.82. The number of carbonyl (C=O) groups excluding carboxylic acids is 1. The van der Waals surface area contributed by atoms with E-state index in [0.29, 0.717) is 28.8 Å². The molecule has 1 aromatic heterocycles. The molecule has 0 saturated carbocycles. The summed E-state index contributed by atoms with van der Waals surface area (Å²) in [5, 5.41) is 3.05. The molecular formula is C21H19ClN2O4. The molecule has 144 valence electrons. The van der Waals surface area contributed by atoms with Crippen molar-refractivity contribution in [3.63, 3.8) is 0 Å². The fraction of sp³-hybridized carbons (Fsp3) is 0.143. The number of aromatic nitrogens is 1. The van der Waals surface area contributed by atoms with Crippen molar-refractivity contribution in [2.24, 2.45) is 0 Å². The number of nitrogens with one attached hydrogen (secondary N) is 1. The lowest BCUT2D eigenvalue weighted by Gasteiger charge is -2.13. The van der Waals surface area contributed by atoms with Crippen LogP contribution in [0.5, 0.6) is 11.5 Å². The number of nitrogens with zero attached hydrogens (tertiary/aromatic N) is 1. The molecule has 0 aliphatic heterocycles. The van der Waals surface area contributed by atoms with Gasteiger partial charge in [0.25, 0.3) is 11.5 Å². The van der Waals surface area contributed by atoms with Crippen molar-refractivity contribution in [2.45, 2.75) is 6.54 Å². The van der Waals surface area contributed by atoms with Gasteiger partial charge in [0.2, 0.25) is 0 Å². The molecule has 1 N–H and O–H groups in total. The van der Waals surface area contributed by atoms with Gasteiger partial charge in [0.15, 0.2) is 0 Å². The van der Waals surface area contributed by atoms with Gasteiger partial charge in [-0.3, -0.25) is 9.59 Å². The summed E-state index contributed by atoms with van der Waals surface area (Å²) in [5.41, 5.74) is 0.955. The Morgan fingerprint density at radius 3 is 2.43 bits per heavy atom. The van der Waals surface area contributed by atoms with Gasteiger partial charge in [-0.1, -0.05) is 41.9 Å². The number of halogens is 1. The minimum Gasteiger partial charge on any atom is -0.495 e. The normalized spacial score (nSPS) is 10.4. The van der Waals surface area contributed by atoms with E-state index in [1.807, 2.05) is 30.3 Å². The van der Waals surface area contributed by atoms with Crippen molar-refractivity contribution >= 4 is 23.2 Å². The van der Waals surface area contributed by atoms with Crippen LogP contribution >= 0.6 is 11.6 Å². The molecule has 28 heavy (non-hydrogen) atoms. The maximum absolute atomic E-state index is 12.8. The number of methoxy groups -OCH3 is 2. The van der Waals surface area contributed by atoms with Crippen LogP contribution in [0.4, 0.5) is 5.69 Å². The van der Waals surface area contributed by atoms with Gasteiger partial charge in [-0.05, 0) is 17.7 Å². The van der Waals surface area contributed by atoms with Crippen molar-refractivity contribution in [2.75, 3.05) is 19.5 Å². The van der Waals surface area contributed by atoms with Crippen LogP contribution in [0.1, 0.15) is 15.9 Å². The maximum atomic E-state index is 12.8. The number of carbonyl (C=O) groups is 1. The molecule has 0 fully saturated rings. The van der Waals surface area contributed by atoms with Crippen LogP contribution in [0.2, 0.25) is 5.02 Å². The van der Waals surface area contributed by atoms with Gasteiger partial charge < -0.3 is 19.4 Å². The molecule has 7 heteroatoms. The zero-order chi connectivity index (χ0) is 20.1. The van der Waals surface area contributed by atoms with Crippen molar-refractivity contribution in [3.05, 3.63) is 87.3 Å². The van der Waals surface area contributed by atoms with Crippen molar-refractivity contribution in [3.8, 4) is 11.5 Å². The number of anilines is 1. The molecule has 0 saturated heterocycles. The maximum Gasteiger partial charge on any atom is 0.263 e. The Hall–Kier alpha value is -3.25. The third-order valence-corrected chi connectivity index (χ3v) is 4.48. The number of rotatable bonds is 6. The Kier molecular flexibility index (Phi) is 6.01. The molecule has 3 rings (SSSR count). The van der Waals surface area contributed by atoms with Gasteiger partial charge in [0, 0.05) is 18.3 Å². The first-order valence-corrected chi connectivity index (χ1v) is 8.87. The number of amides is 1. The van der Waals surface area contributed by atoms with Gasteiger partial charge in [-0.25, -0.2) is 0 Å². The van der Waals surface area contributed by atoms with Crippen LogP contribution in [0.25, 0.3) is 0 Å². The molecule has 0 aliphatic rings. The SMILES string of the molecule is COc1cc(NC(=O)c2cccn(Cc3ccccc3)c2=O)c(OC)cc1Cl. The zero-order valence-electron chi connectivity index (χ0n) is 15.4. The molecule has 0 aliphatic carbocycles. The highest BCUT2D eigenvalue weighted by atomic mass is 35.5. The van der Waals surface area contributed by atoms with E-state index in [1.165, 1.54) is 30.9 Å². The number of hydrogen-bond acceptors (Lipinski definition) is 4. The van der Waals surface area contributed by atoms with E-state index in [1.54, 1.807) is 18.3 Å². The highest BCUT2D eigenvalue weighted by molar-refractivity contribution is 6.32. The average Bonchev–Trinajstić information content (AvgIpc) is 2.71. The van der Waals surface area contributed by atoms with Crippen molar-refractivity contribution in [1.29, 1.82) is 0 Å². The van der Waals surface area contributed by atoms with Crippen molar-refractivity contribution < 1.29 is 14.3 Å². The topological polar surface area (TPSA) is 69.6 Å². The summed E-state index contributed by atoms with van der Waals surface area (Å²) in [7, 11) is 2.93. The van der Waals surface area contributed by atoms with E-state index in [4.69, 9.17) is 21.1 Å². The number of hydrogen-bond donors (Lipinski definition) is 1. The molecule has 0 spiro atoms. The second kappa shape index (κ2) is 8.63. The lowest BCUT2D eigenvalue weighted by Crippen LogP contribution is -2.29. The number of pyridine rings is 1. The van der Waals surface area contributed by atoms with E-state index in [-0.39, 0.29) is 11.1 Å². The van der Waals surface area contributed by atoms with Crippen LogP contribution in [0.15, 0.2) is 65.6 Å². The third kappa shape index (κ3) is 4.18.